The minimum absolute atomic E-state index is 0.119. The van der Waals surface area contributed by atoms with Crippen molar-refractivity contribution in [2.75, 3.05) is 7.11 Å². The molecule has 0 radical (unpaired) electrons. The Morgan fingerprint density at radius 1 is 1.71 bits per heavy atom. The molecule has 0 aliphatic carbocycles. The van der Waals surface area contributed by atoms with Crippen molar-refractivity contribution < 1.29 is 14.3 Å². The van der Waals surface area contributed by atoms with Crippen molar-refractivity contribution in [1.82, 2.24) is 4.98 Å². The van der Waals surface area contributed by atoms with Crippen molar-refractivity contribution in [1.29, 1.82) is 5.26 Å². The SMILES string of the molecule is COC(=O)c1nc(C(=O)CC#N)cs1. The smallest absolute Gasteiger partial charge is 0.367 e. The van der Waals surface area contributed by atoms with E-state index in [1.807, 2.05) is 0 Å². The molecule has 0 aromatic carbocycles. The van der Waals surface area contributed by atoms with Crippen molar-refractivity contribution in [3.63, 3.8) is 0 Å². The first-order chi connectivity index (χ1) is 6.69. The average Bonchev–Trinajstić information content (AvgIpc) is 2.66. The van der Waals surface area contributed by atoms with Crippen LogP contribution in [-0.4, -0.2) is 23.8 Å². The van der Waals surface area contributed by atoms with E-state index in [9.17, 15) is 9.59 Å². The fourth-order valence-corrected chi connectivity index (χ4v) is 1.48. The number of Topliss-reactive ketones (excluding diaryl/α,β-unsaturated/α-hetero) is 1. The van der Waals surface area contributed by atoms with E-state index in [0.717, 1.165) is 11.3 Å². The van der Waals surface area contributed by atoms with Crippen molar-refractivity contribution in [3.8, 4) is 6.07 Å². The number of nitrogens with zero attached hydrogens (tertiary/aromatic N) is 2. The third kappa shape index (κ3) is 2.14. The molecule has 1 aromatic heterocycles. The van der Waals surface area contributed by atoms with E-state index in [-0.39, 0.29) is 22.9 Å². The number of carbonyl (C=O) groups is 2. The minimum Gasteiger partial charge on any atom is -0.464 e. The summed E-state index contributed by atoms with van der Waals surface area (Å²) in [7, 11) is 1.24. The summed E-state index contributed by atoms with van der Waals surface area (Å²) in [5, 5.41) is 9.83. The molecular weight excluding hydrogens is 204 g/mol. The lowest BCUT2D eigenvalue weighted by molar-refractivity contribution is 0.0600. The van der Waals surface area contributed by atoms with E-state index < -0.39 is 5.97 Å². The molecule has 0 unspecified atom stereocenters. The van der Waals surface area contributed by atoms with Crippen LogP contribution in [0.4, 0.5) is 0 Å². The summed E-state index contributed by atoms with van der Waals surface area (Å²) in [6.45, 7) is 0. The molecule has 1 rings (SSSR count). The zero-order valence-corrected chi connectivity index (χ0v) is 8.13. The van der Waals surface area contributed by atoms with Gasteiger partial charge in [-0.3, -0.25) is 4.79 Å². The third-order valence-electron chi connectivity index (χ3n) is 1.39. The van der Waals surface area contributed by atoms with Gasteiger partial charge >= 0.3 is 5.97 Å². The molecule has 0 aliphatic rings. The van der Waals surface area contributed by atoms with E-state index >= 15 is 0 Å². The number of carbonyl (C=O) groups excluding carboxylic acids is 2. The number of thiazole rings is 1. The Bertz CT molecular complexity index is 405. The largest absolute Gasteiger partial charge is 0.464 e. The van der Waals surface area contributed by atoms with Gasteiger partial charge in [0.1, 0.15) is 12.1 Å². The maximum absolute atomic E-state index is 11.1. The van der Waals surface area contributed by atoms with Crippen LogP contribution >= 0.6 is 11.3 Å². The van der Waals surface area contributed by atoms with Gasteiger partial charge < -0.3 is 4.74 Å². The fraction of sp³-hybridized carbons (Fsp3) is 0.250. The number of hydrogen-bond acceptors (Lipinski definition) is 6. The molecule has 72 valence electrons. The Labute approximate surface area is 83.9 Å². The molecule has 6 heteroatoms. The Morgan fingerprint density at radius 3 is 3.00 bits per heavy atom. The molecule has 0 bridgehead atoms. The Morgan fingerprint density at radius 2 is 2.43 bits per heavy atom. The molecule has 0 spiro atoms. The molecule has 5 nitrogen and oxygen atoms in total. The number of hydrogen-bond donors (Lipinski definition) is 0. The average molecular weight is 210 g/mol. The fourth-order valence-electron chi connectivity index (χ4n) is 0.745. The van der Waals surface area contributed by atoms with Crippen LogP contribution in [0, 0.1) is 11.3 Å². The normalized spacial score (nSPS) is 9.14. The van der Waals surface area contributed by atoms with Crippen LogP contribution in [0.15, 0.2) is 5.38 Å². The number of ketones is 1. The molecule has 0 saturated heterocycles. The topological polar surface area (TPSA) is 80.0 Å². The van der Waals surface area contributed by atoms with Crippen molar-refractivity contribution in [3.05, 3.63) is 16.1 Å². The monoisotopic (exact) mass is 210 g/mol. The lowest BCUT2D eigenvalue weighted by atomic mass is 10.2. The van der Waals surface area contributed by atoms with Gasteiger partial charge in [0.25, 0.3) is 0 Å². The Kier molecular flexibility index (Phi) is 3.31. The second kappa shape index (κ2) is 4.48. The summed E-state index contributed by atoms with van der Waals surface area (Å²) >= 11 is 1.02. The van der Waals surface area contributed by atoms with Crippen LogP contribution < -0.4 is 0 Å². The highest BCUT2D eigenvalue weighted by Crippen LogP contribution is 2.12. The standard InChI is InChI=1S/C8H6N2O3S/c1-13-8(12)7-10-5(4-14-7)6(11)2-3-9/h4H,2H2,1H3. The second-order valence-corrected chi connectivity index (χ2v) is 3.15. The van der Waals surface area contributed by atoms with E-state index in [2.05, 4.69) is 9.72 Å². The summed E-state index contributed by atoms with van der Waals surface area (Å²) in [6, 6.07) is 1.72. The van der Waals surface area contributed by atoms with Gasteiger partial charge in [0.05, 0.1) is 13.2 Å². The predicted octanol–water partition coefficient (Wildman–Crippen LogP) is 1.03. The molecule has 0 fully saturated rings. The summed E-state index contributed by atoms with van der Waals surface area (Å²) in [5.41, 5.74) is 0.136. The summed E-state index contributed by atoms with van der Waals surface area (Å²) in [5.74, 6) is -0.968. The first-order valence-corrected chi connectivity index (χ1v) is 4.51. The molecule has 0 saturated carbocycles. The molecule has 1 aromatic rings. The van der Waals surface area contributed by atoms with Gasteiger partial charge in [-0.05, 0) is 0 Å². The van der Waals surface area contributed by atoms with Gasteiger partial charge in [0.15, 0.2) is 5.78 Å². The summed E-state index contributed by atoms with van der Waals surface area (Å²) in [4.78, 5) is 25.8. The van der Waals surface area contributed by atoms with Crippen LogP contribution in [-0.2, 0) is 4.74 Å². The number of esters is 1. The molecule has 14 heavy (non-hydrogen) atoms. The Hall–Kier alpha value is -1.74. The third-order valence-corrected chi connectivity index (χ3v) is 2.21. The van der Waals surface area contributed by atoms with Crippen LogP contribution in [0.25, 0.3) is 0 Å². The van der Waals surface area contributed by atoms with E-state index in [1.165, 1.54) is 12.5 Å². The quantitative estimate of drug-likeness (QED) is 0.549. The maximum Gasteiger partial charge on any atom is 0.367 e. The second-order valence-electron chi connectivity index (χ2n) is 2.29. The summed E-state index contributed by atoms with van der Waals surface area (Å²) < 4.78 is 4.42. The first-order valence-electron chi connectivity index (χ1n) is 3.63. The van der Waals surface area contributed by atoms with Crippen molar-refractivity contribution >= 4 is 23.1 Å². The van der Waals surface area contributed by atoms with Gasteiger partial charge in [-0.1, -0.05) is 0 Å². The van der Waals surface area contributed by atoms with Gasteiger partial charge in [-0.15, -0.1) is 11.3 Å². The van der Waals surface area contributed by atoms with E-state index in [0.29, 0.717) is 0 Å². The maximum atomic E-state index is 11.1. The molecular formula is C8H6N2O3S. The highest BCUT2D eigenvalue weighted by molar-refractivity contribution is 7.11. The predicted molar refractivity (Wildman–Crippen MR) is 48.0 cm³/mol. The van der Waals surface area contributed by atoms with Gasteiger partial charge in [-0.25, -0.2) is 9.78 Å². The first kappa shape index (κ1) is 10.3. The van der Waals surface area contributed by atoms with Gasteiger partial charge in [0, 0.05) is 5.38 Å². The number of methoxy groups -OCH3 is 1. The zero-order valence-electron chi connectivity index (χ0n) is 7.31. The molecule has 0 amide bonds. The van der Waals surface area contributed by atoms with Gasteiger partial charge in [-0.2, -0.15) is 5.26 Å². The number of aromatic nitrogens is 1. The molecule has 1 heterocycles. The van der Waals surface area contributed by atoms with Crippen molar-refractivity contribution in [2.45, 2.75) is 6.42 Å². The number of ether oxygens (including phenoxy) is 1. The highest BCUT2D eigenvalue weighted by Gasteiger charge is 2.15. The lowest BCUT2D eigenvalue weighted by Gasteiger charge is -1.90. The number of rotatable bonds is 3. The number of nitriles is 1. The van der Waals surface area contributed by atoms with Crippen LogP contribution in [0.5, 0.6) is 0 Å². The summed E-state index contributed by atoms with van der Waals surface area (Å²) in [6.07, 6.45) is -0.232. The Balaban J connectivity index is 2.84. The van der Waals surface area contributed by atoms with Gasteiger partial charge in [0.2, 0.25) is 5.01 Å². The zero-order chi connectivity index (χ0) is 10.6. The van der Waals surface area contributed by atoms with Crippen molar-refractivity contribution in [2.24, 2.45) is 0 Å². The highest BCUT2D eigenvalue weighted by atomic mass is 32.1. The minimum atomic E-state index is -0.578. The van der Waals surface area contributed by atoms with E-state index in [1.54, 1.807) is 6.07 Å². The van der Waals surface area contributed by atoms with Crippen LogP contribution in [0.2, 0.25) is 0 Å². The van der Waals surface area contributed by atoms with Crippen LogP contribution in [0.3, 0.4) is 0 Å². The lowest BCUT2D eigenvalue weighted by Crippen LogP contribution is -2.03. The molecule has 0 aliphatic heterocycles. The molecule has 0 N–H and O–H groups in total. The molecule has 0 atom stereocenters. The van der Waals surface area contributed by atoms with Crippen LogP contribution in [0.1, 0.15) is 26.7 Å². The van der Waals surface area contributed by atoms with E-state index in [4.69, 9.17) is 5.26 Å².